The van der Waals surface area contributed by atoms with E-state index in [2.05, 4.69) is 30.5 Å². The summed E-state index contributed by atoms with van der Waals surface area (Å²) in [7, 11) is 0. The molecule has 1 atom stereocenters. The lowest BCUT2D eigenvalue weighted by Gasteiger charge is -2.33. The van der Waals surface area contributed by atoms with Gasteiger partial charge in [-0.25, -0.2) is 9.67 Å². The molecule has 2 fully saturated rings. The molecule has 1 N–H and O–H groups in total. The summed E-state index contributed by atoms with van der Waals surface area (Å²) in [5.41, 5.74) is 0. The van der Waals surface area contributed by atoms with Gasteiger partial charge < -0.3 is 10.2 Å². The van der Waals surface area contributed by atoms with E-state index in [-0.39, 0.29) is 11.8 Å². The van der Waals surface area contributed by atoms with Crippen LogP contribution in [0.25, 0.3) is 5.82 Å². The minimum Gasteiger partial charge on any atom is -0.354 e. The van der Waals surface area contributed by atoms with Crippen molar-refractivity contribution in [1.82, 2.24) is 30.3 Å². The predicted molar refractivity (Wildman–Crippen MR) is 92.3 cm³/mol. The van der Waals surface area contributed by atoms with Crippen molar-refractivity contribution in [1.29, 1.82) is 0 Å². The SMILES string of the molecule is O=C(NC1CCCC1)C1CCCN(c2ccc(-n3cncn3)nn2)C1. The quantitative estimate of drug-likeness (QED) is 0.902. The molecule has 0 radical (unpaired) electrons. The molecule has 1 saturated heterocycles. The summed E-state index contributed by atoms with van der Waals surface area (Å²) in [6, 6.07) is 4.19. The highest BCUT2D eigenvalue weighted by Crippen LogP contribution is 2.23. The van der Waals surface area contributed by atoms with Crippen LogP contribution >= 0.6 is 0 Å². The first kappa shape index (κ1) is 16.0. The predicted octanol–water partition coefficient (Wildman–Crippen LogP) is 1.33. The van der Waals surface area contributed by atoms with E-state index in [4.69, 9.17) is 0 Å². The van der Waals surface area contributed by atoms with Gasteiger partial charge >= 0.3 is 0 Å². The molecule has 0 bridgehead atoms. The van der Waals surface area contributed by atoms with Gasteiger partial charge in [0, 0.05) is 19.1 Å². The molecule has 132 valence electrons. The lowest BCUT2D eigenvalue weighted by Crippen LogP contribution is -2.45. The Balaban J connectivity index is 1.39. The summed E-state index contributed by atoms with van der Waals surface area (Å²) in [6.07, 6.45) is 9.70. The second-order valence-electron chi connectivity index (χ2n) is 6.86. The van der Waals surface area contributed by atoms with E-state index in [1.54, 1.807) is 11.0 Å². The first-order valence-corrected chi connectivity index (χ1v) is 9.03. The number of piperidine rings is 1. The maximum Gasteiger partial charge on any atom is 0.225 e. The smallest absolute Gasteiger partial charge is 0.225 e. The van der Waals surface area contributed by atoms with Gasteiger partial charge in [0.2, 0.25) is 5.91 Å². The third kappa shape index (κ3) is 3.62. The van der Waals surface area contributed by atoms with E-state index in [0.717, 1.165) is 38.0 Å². The zero-order chi connectivity index (χ0) is 17.1. The van der Waals surface area contributed by atoms with Crippen molar-refractivity contribution >= 4 is 11.7 Å². The van der Waals surface area contributed by atoms with Gasteiger partial charge in [-0.05, 0) is 37.8 Å². The molecule has 1 amide bonds. The molecule has 1 saturated carbocycles. The molecule has 1 unspecified atom stereocenters. The Morgan fingerprint density at radius 1 is 1.08 bits per heavy atom. The second-order valence-corrected chi connectivity index (χ2v) is 6.86. The van der Waals surface area contributed by atoms with Crippen LogP contribution in [-0.2, 0) is 4.79 Å². The van der Waals surface area contributed by atoms with Gasteiger partial charge in [-0.15, -0.1) is 10.2 Å². The molecule has 0 spiro atoms. The van der Waals surface area contributed by atoms with E-state index in [1.165, 1.54) is 19.2 Å². The average Bonchev–Trinajstić information content (AvgIpc) is 3.36. The number of amides is 1. The normalized spacial score (nSPS) is 21.4. The van der Waals surface area contributed by atoms with Gasteiger partial charge in [-0.1, -0.05) is 12.8 Å². The zero-order valence-corrected chi connectivity index (χ0v) is 14.2. The molecule has 2 aliphatic rings. The molecule has 1 aliphatic heterocycles. The van der Waals surface area contributed by atoms with Gasteiger partial charge in [-0.2, -0.15) is 5.10 Å². The Morgan fingerprint density at radius 3 is 2.60 bits per heavy atom. The number of rotatable bonds is 4. The van der Waals surface area contributed by atoms with Crippen LogP contribution in [0.4, 0.5) is 5.82 Å². The molecule has 2 aromatic rings. The Morgan fingerprint density at radius 2 is 1.88 bits per heavy atom. The summed E-state index contributed by atoms with van der Waals surface area (Å²) in [6.45, 7) is 1.61. The molecular formula is C17H23N7O. The van der Waals surface area contributed by atoms with E-state index < -0.39 is 0 Å². The van der Waals surface area contributed by atoms with Crippen molar-refractivity contribution in [2.45, 2.75) is 44.6 Å². The summed E-state index contributed by atoms with van der Waals surface area (Å²) in [5.74, 6) is 1.67. The molecule has 3 heterocycles. The van der Waals surface area contributed by atoms with E-state index >= 15 is 0 Å². The van der Waals surface area contributed by atoms with Crippen LogP contribution in [0.2, 0.25) is 0 Å². The highest BCUT2D eigenvalue weighted by Gasteiger charge is 2.28. The zero-order valence-electron chi connectivity index (χ0n) is 14.2. The van der Waals surface area contributed by atoms with Crippen molar-refractivity contribution in [2.24, 2.45) is 5.92 Å². The Labute approximate surface area is 146 Å². The lowest BCUT2D eigenvalue weighted by molar-refractivity contribution is -0.125. The Hall–Kier alpha value is -2.51. The number of carbonyl (C=O) groups is 1. The number of aromatic nitrogens is 5. The lowest BCUT2D eigenvalue weighted by atomic mass is 9.96. The second kappa shape index (κ2) is 7.16. The first-order chi connectivity index (χ1) is 12.3. The van der Waals surface area contributed by atoms with Gasteiger partial charge in [0.1, 0.15) is 12.7 Å². The third-order valence-corrected chi connectivity index (χ3v) is 5.11. The van der Waals surface area contributed by atoms with Crippen LogP contribution < -0.4 is 10.2 Å². The number of hydrogen-bond donors (Lipinski definition) is 1. The van der Waals surface area contributed by atoms with Crippen molar-refractivity contribution in [3.8, 4) is 5.82 Å². The number of anilines is 1. The molecular weight excluding hydrogens is 318 g/mol. The maximum absolute atomic E-state index is 12.5. The fourth-order valence-corrected chi connectivity index (χ4v) is 3.72. The van der Waals surface area contributed by atoms with Crippen LogP contribution in [0.5, 0.6) is 0 Å². The van der Waals surface area contributed by atoms with Crippen molar-refractivity contribution in [3.63, 3.8) is 0 Å². The molecule has 2 aromatic heterocycles. The summed E-state index contributed by atoms with van der Waals surface area (Å²) < 4.78 is 1.57. The van der Waals surface area contributed by atoms with Crippen LogP contribution in [0.15, 0.2) is 24.8 Å². The van der Waals surface area contributed by atoms with Crippen LogP contribution in [-0.4, -0.2) is 50.0 Å². The highest BCUT2D eigenvalue weighted by atomic mass is 16.2. The van der Waals surface area contributed by atoms with Crippen LogP contribution in [0.3, 0.4) is 0 Å². The largest absolute Gasteiger partial charge is 0.354 e. The summed E-state index contributed by atoms with van der Waals surface area (Å²) in [4.78, 5) is 18.6. The van der Waals surface area contributed by atoms with Crippen molar-refractivity contribution < 1.29 is 4.79 Å². The van der Waals surface area contributed by atoms with Gasteiger partial charge in [0.15, 0.2) is 11.6 Å². The molecule has 8 heteroatoms. The summed E-state index contributed by atoms with van der Waals surface area (Å²) in [5, 5.41) is 15.8. The highest BCUT2D eigenvalue weighted by molar-refractivity contribution is 5.79. The topological polar surface area (TPSA) is 88.8 Å². The van der Waals surface area contributed by atoms with Crippen molar-refractivity contribution in [2.75, 3.05) is 18.0 Å². The van der Waals surface area contributed by atoms with E-state index in [0.29, 0.717) is 18.4 Å². The minimum absolute atomic E-state index is 0.0335. The van der Waals surface area contributed by atoms with Crippen molar-refractivity contribution in [3.05, 3.63) is 24.8 Å². The molecule has 1 aliphatic carbocycles. The molecule has 25 heavy (non-hydrogen) atoms. The Kier molecular flexibility index (Phi) is 4.58. The number of nitrogens with zero attached hydrogens (tertiary/aromatic N) is 6. The number of nitrogens with one attached hydrogen (secondary N) is 1. The summed E-state index contributed by atoms with van der Waals surface area (Å²) >= 11 is 0. The molecule has 0 aromatic carbocycles. The third-order valence-electron chi connectivity index (χ3n) is 5.11. The standard InChI is InChI=1S/C17H23N7O/c25-17(20-14-5-1-2-6-14)13-4-3-9-23(10-13)15-7-8-16(22-21-15)24-12-18-11-19-24/h7-8,11-14H,1-6,9-10H2,(H,20,25). The van der Waals surface area contributed by atoms with E-state index in [1.807, 2.05) is 12.1 Å². The Bertz CT molecular complexity index is 694. The van der Waals surface area contributed by atoms with E-state index in [9.17, 15) is 4.79 Å². The van der Waals surface area contributed by atoms with Crippen LogP contribution in [0, 0.1) is 5.92 Å². The maximum atomic E-state index is 12.5. The molecule has 8 nitrogen and oxygen atoms in total. The number of hydrogen-bond acceptors (Lipinski definition) is 6. The fraction of sp³-hybridized carbons (Fsp3) is 0.588. The first-order valence-electron chi connectivity index (χ1n) is 9.03. The number of carbonyl (C=O) groups excluding carboxylic acids is 1. The van der Waals surface area contributed by atoms with Crippen LogP contribution in [0.1, 0.15) is 38.5 Å². The molecule has 4 rings (SSSR count). The van der Waals surface area contributed by atoms with Gasteiger partial charge in [0.25, 0.3) is 0 Å². The average molecular weight is 341 g/mol. The van der Waals surface area contributed by atoms with Gasteiger partial charge in [0.05, 0.1) is 5.92 Å². The van der Waals surface area contributed by atoms with Gasteiger partial charge in [-0.3, -0.25) is 4.79 Å². The monoisotopic (exact) mass is 341 g/mol. The fourth-order valence-electron chi connectivity index (χ4n) is 3.72. The minimum atomic E-state index is 0.0335.